The second-order valence-corrected chi connectivity index (χ2v) is 10.7. The van der Waals surface area contributed by atoms with Crippen molar-refractivity contribution in [3.8, 4) is 11.4 Å². The standard InChI is InChI=1S/C31H34N8O2/c1-20-10-11-22(19-34-20)39-28(18-27(38-39)31(2,3)4)37-30(40)36-25-12-13-26(24-9-7-6-8-23(24)25)41-17-15-21-14-16-33-29(32-5)35-21/h6-14,16,18-19H,15,17H2,1-5H3,(H,32,33,35)(H2,36,37,40). The first-order valence-electron chi connectivity index (χ1n) is 13.5. The predicted octanol–water partition coefficient (Wildman–Crippen LogP) is 6.12. The second-order valence-electron chi connectivity index (χ2n) is 10.7. The van der Waals surface area contributed by atoms with Gasteiger partial charge in [-0.3, -0.25) is 10.3 Å². The Labute approximate surface area is 239 Å². The number of ether oxygens (including phenoxy) is 1. The molecule has 0 atom stereocenters. The summed E-state index contributed by atoms with van der Waals surface area (Å²) >= 11 is 0. The molecule has 0 aliphatic carbocycles. The third-order valence-electron chi connectivity index (χ3n) is 6.54. The predicted molar refractivity (Wildman–Crippen MR) is 162 cm³/mol. The van der Waals surface area contributed by atoms with Gasteiger partial charge in [-0.05, 0) is 37.3 Å². The van der Waals surface area contributed by atoms with Crippen molar-refractivity contribution >= 4 is 34.3 Å². The maximum atomic E-state index is 13.3. The summed E-state index contributed by atoms with van der Waals surface area (Å²) < 4.78 is 7.84. The van der Waals surface area contributed by atoms with Crippen molar-refractivity contribution in [2.75, 3.05) is 29.6 Å². The summed E-state index contributed by atoms with van der Waals surface area (Å²) in [5.41, 5.74) is 3.87. The minimum absolute atomic E-state index is 0.203. The van der Waals surface area contributed by atoms with Crippen LogP contribution in [0.2, 0.25) is 0 Å². The molecule has 5 rings (SSSR count). The number of pyridine rings is 1. The highest BCUT2D eigenvalue weighted by atomic mass is 16.5. The average Bonchev–Trinajstić information content (AvgIpc) is 3.39. The quantitative estimate of drug-likeness (QED) is 0.213. The van der Waals surface area contributed by atoms with E-state index in [1.165, 1.54) is 0 Å². The number of urea groups is 1. The molecule has 3 N–H and O–H groups in total. The van der Waals surface area contributed by atoms with Gasteiger partial charge in [0.25, 0.3) is 0 Å². The molecule has 10 nitrogen and oxygen atoms in total. The molecular weight excluding hydrogens is 516 g/mol. The maximum Gasteiger partial charge on any atom is 0.324 e. The van der Waals surface area contributed by atoms with Crippen LogP contribution in [0.15, 0.2) is 73.1 Å². The van der Waals surface area contributed by atoms with Gasteiger partial charge in [0, 0.05) is 53.3 Å². The molecule has 0 aliphatic heterocycles. The van der Waals surface area contributed by atoms with Crippen LogP contribution in [0, 0.1) is 6.92 Å². The number of hydrogen-bond acceptors (Lipinski definition) is 7. The molecule has 2 amide bonds. The Balaban J connectivity index is 1.34. The fourth-order valence-electron chi connectivity index (χ4n) is 4.32. The normalized spacial score (nSPS) is 11.3. The van der Waals surface area contributed by atoms with E-state index in [0.717, 1.165) is 39.3 Å². The zero-order chi connectivity index (χ0) is 29.0. The van der Waals surface area contributed by atoms with Gasteiger partial charge in [0.1, 0.15) is 11.6 Å². The second kappa shape index (κ2) is 11.6. The Morgan fingerprint density at radius 2 is 1.78 bits per heavy atom. The van der Waals surface area contributed by atoms with Crippen LogP contribution in [0.25, 0.3) is 16.5 Å². The molecular formula is C31H34N8O2. The van der Waals surface area contributed by atoms with Crippen LogP contribution >= 0.6 is 0 Å². The first kappa shape index (κ1) is 27.6. The van der Waals surface area contributed by atoms with Crippen LogP contribution < -0.4 is 20.7 Å². The van der Waals surface area contributed by atoms with Gasteiger partial charge in [0.05, 0.1) is 29.9 Å². The minimum atomic E-state index is -0.380. The number of carbonyl (C=O) groups excluding carboxylic acids is 1. The van der Waals surface area contributed by atoms with Crippen LogP contribution in [0.5, 0.6) is 5.75 Å². The van der Waals surface area contributed by atoms with Crippen LogP contribution in [0.1, 0.15) is 37.9 Å². The number of fused-ring (bicyclic) bond motifs is 1. The molecule has 0 saturated carbocycles. The van der Waals surface area contributed by atoms with Crippen LogP contribution in [0.3, 0.4) is 0 Å². The Bertz CT molecular complexity index is 1670. The van der Waals surface area contributed by atoms with E-state index in [-0.39, 0.29) is 11.4 Å². The molecule has 5 aromatic rings. The van der Waals surface area contributed by atoms with Crippen molar-refractivity contribution in [3.05, 3.63) is 90.1 Å². The SMILES string of the molecule is CNc1nccc(CCOc2ccc(NC(=O)Nc3cc(C(C)(C)C)nn3-c3ccc(C)nc3)c3ccccc23)n1. The van der Waals surface area contributed by atoms with E-state index in [4.69, 9.17) is 9.84 Å². The smallest absolute Gasteiger partial charge is 0.324 e. The highest BCUT2D eigenvalue weighted by Gasteiger charge is 2.22. The summed E-state index contributed by atoms with van der Waals surface area (Å²) in [6.07, 6.45) is 4.10. The Morgan fingerprint density at radius 1 is 0.976 bits per heavy atom. The molecule has 41 heavy (non-hydrogen) atoms. The van der Waals surface area contributed by atoms with Crippen molar-refractivity contribution in [2.45, 2.75) is 39.5 Å². The third-order valence-corrected chi connectivity index (χ3v) is 6.54. The molecule has 0 aliphatic rings. The van der Waals surface area contributed by atoms with E-state index in [1.807, 2.05) is 67.6 Å². The highest BCUT2D eigenvalue weighted by Crippen LogP contribution is 2.32. The van der Waals surface area contributed by atoms with E-state index in [9.17, 15) is 4.79 Å². The number of benzene rings is 2. The maximum absolute atomic E-state index is 13.3. The number of carbonyl (C=O) groups is 1. The van der Waals surface area contributed by atoms with Gasteiger partial charge in [-0.15, -0.1) is 0 Å². The van der Waals surface area contributed by atoms with E-state index in [2.05, 4.69) is 51.7 Å². The number of aromatic nitrogens is 5. The highest BCUT2D eigenvalue weighted by molar-refractivity contribution is 6.07. The van der Waals surface area contributed by atoms with Gasteiger partial charge in [-0.1, -0.05) is 45.0 Å². The van der Waals surface area contributed by atoms with Crippen LogP contribution in [-0.2, 0) is 11.8 Å². The van der Waals surface area contributed by atoms with Gasteiger partial charge in [-0.2, -0.15) is 5.10 Å². The largest absolute Gasteiger partial charge is 0.493 e. The zero-order valence-corrected chi connectivity index (χ0v) is 23.9. The van der Waals surface area contributed by atoms with E-state index in [0.29, 0.717) is 30.5 Å². The van der Waals surface area contributed by atoms with E-state index >= 15 is 0 Å². The topological polar surface area (TPSA) is 119 Å². The fraction of sp³-hybridized carbons (Fsp3) is 0.258. The lowest BCUT2D eigenvalue weighted by atomic mass is 9.92. The molecule has 210 valence electrons. The first-order valence-corrected chi connectivity index (χ1v) is 13.5. The third kappa shape index (κ3) is 6.43. The average molecular weight is 551 g/mol. The lowest BCUT2D eigenvalue weighted by Crippen LogP contribution is -2.21. The van der Waals surface area contributed by atoms with E-state index in [1.54, 1.807) is 24.1 Å². The summed E-state index contributed by atoms with van der Waals surface area (Å²) in [5.74, 6) is 1.86. The summed E-state index contributed by atoms with van der Waals surface area (Å²) in [6, 6.07) is 18.8. The Hall–Kier alpha value is -4.99. The molecule has 3 aromatic heterocycles. The Morgan fingerprint density at radius 3 is 2.51 bits per heavy atom. The minimum Gasteiger partial charge on any atom is -0.493 e. The van der Waals surface area contributed by atoms with Crippen molar-refractivity contribution in [3.63, 3.8) is 0 Å². The summed E-state index contributed by atoms with van der Waals surface area (Å²) in [6.45, 7) is 8.63. The van der Waals surface area contributed by atoms with Gasteiger partial charge < -0.3 is 15.4 Å². The zero-order valence-electron chi connectivity index (χ0n) is 23.9. The molecule has 2 aromatic carbocycles. The lowest BCUT2D eigenvalue weighted by Gasteiger charge is -2.14. The number of nitrogens with one attached hydrogen (secondary N) is 3. The number of anilines is 3. The molecule has 0 fully saturated rings. The number of hydrogen-bond donors (Lipinski definition) is 3. The molecule has 0 spiro atoms. The molecule has 3 heterocycles. The van der Waals surface area contributed by atoms with Gasteiger partial charge in [0.15, 0.2) is 0 Å². The summed E-state index contributed by atoms with van der Waals surface area (Å²) in [7, 11) is 1.79. The molecule has 10 heteroatoms. The van der Waals surface area contributed by atoms with Crippen LogP contribution in [0.4, 0.5) is 22.2 Å². The number of amides is 2. The van der Waals surface area contributed by atoms with Crippen molar-refractivity contribution in [2.24, 2.45) is 0 Å². The molecule has 0 bridgehead atoms. The number of rotatable bonds is 8. The van der Waals surface area contributed by atoms with Crippen molar-refractivity contribution < 1.29 is 9.53 Å². The lowest BCUT2D eigenvalue weighted by molar-refractivity contribution is 0.262. The molecule has 0 unspecified atom stereocenters. The van der Waals surface area contributed by atoms with Crippen molar-refractivity contribution in [1.82, 2.24) is 24.7 Å². The van der Waals surface area contributed by atoms with Gasteiger partial charge in [0.2, 0.25) is 5.95 Å². The fourth-order valence-corrected chi connectivity index (χ4v) is 4.32. The van der Waals surface area contributed by atoms with Gasteiger partial charge >= 0.3 is 6.03 Å². The molecule has 0 saturated heterocycles. The van der Waals surface area contributed by atoms with Crippen molar-refractivity contribution in [1.29, 1.82) is 0 Å². The van der Waals surface area contributed by atoms with E-state index < -0.39 is 0 Å². The van der Waals surface area contributed by atoms with Crippen LogP contribution in [-0.4, -0.2) is 44.4 Å². The summed E-state index contributed by atoms with van der Waals surface area (Å²) in [5, 5.41) is 15.5. The molecule has 0 radical (unpaired) electrons. The number of aryl methyl sites for hydroxylation is 1. The Kier molecular flexibility index (Phi) is 7.82. The number of nitrogens with zero attached hydrogens (tertiary/aromatic N) is 5. The monoisotopic (exact) mass is 550 g/mol. The summed E-state index contributed by atoms with van der Waals surface area (Å²) in [4.78, 5) is 26.2. The first-order chi connectivity index (χ1) is 19.7. The van der Waals surface area contributed by atoms with Gasteiger partial charge in [-0.25, -0.2) is 19.4 Å².